The number of pyridine rings is 1. The van der Waals surface area contributed by atoms with Crippen LogP contribution in [0.4, 0.5) is 0 Å². The van der Waals surface area contributed by atoms with E-state index in [4.69, 9.17) is 0 Å². The van der Waals surface area contributed by atoms with Crippen molar-refractivity contribution in [3.05, 3.63) is 102 Å². The van der Waals surface area contributed by atoms with Crippen LogP contribution in [0.1, 0.15) is 27.3 Å². The fraction of sp³-hybridized carbons (Fsp3) is 0.0769. The van der Waals surface area contributed by atoms with Gasteiger partial charge in [0.1, 0.15) is 0 Å². The second kappa shape index (κ2) is 7.84. The molecule has 2 aromatic carbocycles. The van der Waals surface area contributed by atoms with Crippen LogP contribution in [0.2, 0.25) is 0 Å². The van der Waals surface area contributed by atoms with Gasteiger partial charge in [-0.2, -0.15) is 0 Å². The molecule has 0 atom stereocenters. The van der Waals surface area contributed by atoms with Crippen LogP contribution < -0.4 is 5.32 Å². The van der Waals surface area contributed by atoms with Crippen LogP contribution >= 0.6 is 0 Å². The molecule has 0 spiro atoms. The highest BCUT2D eigenvalue weighted by Crippen LogP contribution is 2.27. The molecule has 146 valence electrons. The first kappa shape index (κ1) is 18.1. The van der Waals surface area contributed by atoms with Gasteiger partial charge in [0.25, 0.3) is 5.91 Å². The number of fused-ring (bicyclic) bond motifs is 1. The van der Waals surface area contributed by atoms with E-state index < -0.39 is 0 Å². The van der Waals surface area contributed by atoms with Gasteiger partial charge in [-0.15, -0.1) is 0 Å². The maximum Gasteiger partial charge on any atom is 0.253 e. The molecule has 0 saturated heterocycles. The molecule has 3 heterocycles. The zero-order chi connectivity index (χ0) is 20.3. The molecule has 2 N–H and O–H groups in total. The normalized spacial score (nSPS) is 13.3. The Bertz CT molecular complexity index is 1240. The number of carbonyl (C=O) groups is 1. The summed E-state index contributed by atoms with van der Waals surface area (Å²) in [6, 6.07) is 24.6. The van der Waals surface area contributed by atoms with Crippen molar-refractivity contribution in [1.82, 2.24) is 15.3 Å². The number of rotatable bonds is 4. The van der Waals surface area contributed by atoms with E-state index in [1.807, 2.05) is 36.4 Å². The van der Waals surface area contributed by atoms with Crippen molar-refractivity contribution in [3.8, 4) is 22.4 Å². The molecule has 1 amide bonds. The molecule has 30 heavy (non-hydrogen) atoms. The third-order valence-corrected chi connectivity index (χ3v) is 5.38. The number of nitrogens with one attached hydrogen (secondary N) is 2. The van der Waals surface area contributed by atoms with E-state index in [-0.39, 0.29) is 5.91 Å². The summed E-state index contributed by atoms with van der Waals surface area (Å²) in [7, 11) is 0. The van der Waals surface area contributed by atoms with Crippen molar-refractivity contribution in [3.63, 3.8) is 0 Å². The van der Waals surface area contributed by atoms with Gasteiger partial charge in [0.15, 0.2) is 0 Å². The van der Waals surface area contributed by atoms with Crippen molar-refractivity contribution in [1.29, 1.82) is 0 Å². The predicted molar refractivity (Wildman–Crippen MR) is 121 cm³/mol. The second-order valence-electron chi connectivity index (χ2n) is 7.34. The number of carbonyl (C=O) groups excluding carboxylic acids is 1. The molecule has 4 nitrogen and oxygen atoms in total. The smallest absolute Gasteiger partial charge is 0.253 e. The molecule has 0 unspecified atom stereocenters. The molecule has 1 aliphatic heterocycles. The maximum atomic E-state index is 12.1. The van der Waals surface area contributed by atoms with Gasteiger partial charge in [-0.05, 0) is 41.0 Å². The van der Waals surface area contributed by atoms with Gasteiger partial charge in [0.05, 0.1) is 11.3 Å². The molecule has 0 fully saturated rings. The van der Waals surface area contributed by atoms with E-state index in [1.54, 1.807) is 6.20 Å². The number of amides is 1. The predicted octanol–water partition coefficient (Wildman–Crippen LogP) is 5.20. The molecule has 2 aromatic heterocycles. The monoisotopic (exact) mass is 391 g/mol. The molecule has 0 bridgehead atoms. The van der Waals surface area contributed by atoms with Gasteiger partial charge in [0, 0.05) is 36.1 Å². The summed E-state index contributed by atoms with van der Waals surface area (Å²) < 4.78 is 0. The Morgan fingerprint density at radius 3 is 2.53 bits per heavy atom. The number of hydrogen-bond acceptors (Lipinski definition) is 2. The Kier molecular flexibility index (Phi) is 4.74. The Labute approximate surface area is 175 Å². The number of hydrogen-bond donors (Lipinski definition) is 2. The number of aromatic amines is 1. The van der Waals surface area contributed by atoms with Crippen molar-refractivity contribution in [2.45, 2.75) is 6.42 Å². The molecule has 1 aliphatic rings. The van der Waals surface area contributed by atoms with Crippen molar-refractivity contribution in [2.24, 2.45) is 0 Å². The van der Waals surface area contributed by atoms with Crippen LogP contribution in [0.5, 0.6) is 0 Å². The lowest BCUT2D eigenvalue weighted by molar-refractivity contribution is 0.0946. The zero-order valence-electron chi connectivity index (χ0n) is 16.4. The summed E-state index contributed by atoms with van der Waals surface area (Å²) in [5, 5.41) is 2.89. The highest BCUT2D eigenvalue weighted by molar-refractivity contribution is 5.97. The van der Waals surface area contributed by atoms with E-state index in [0.717, 1.165) is 40.2 Å². The second-order valence-corrected chi connectivity index (χ2v) is 7.34. The van der Waals surface area contributed by atoms with Crippen LogP contribution in [0.25, 0.3) is 34.5 Å². The molecule has 4 heteroatoms. The van der Waals surface area contributed by atoms with Crippen LogP contribution in [-0.2, 0) is 6.42 Å². The molecular weight excluding hydrogens is 370 g/mol. The van der Waals surface area contributed by atoms with E-state index in [1.165, 1.54) is 11.1 Å². The lowest BCUT2D eigenvalue weighted by Gasteiger charge is -2.10. The number of benzene rings is 2. The Morgan fingerprint density at radius 2 is 1.67 bits per heavy atom. The summed E-state index contributed by atoms with van der Waals surface area (Å²) in [5.41, 5.74) is 8.09. The topological polar surface area (TPSA) is 57.8 Å². The third-order valence-electron chi connectivity index (χ3n) is 5.38. The SMILES string of the molecule is O=C1NCCc2[nH]c(-c3ccnc(/C=C/c4ccccc4-c4ccccc4)c3)cc21. The summed E-state index contributed by atoms with van der Waals surface area (Å²) in [5.74, 6) is -0.00885. The minimum atomic E-state index is -0.00885. The average molecular weight is 391 g/mol. The van der Waals surface area contributed by atoms with Gasteiger partial charge >= 0.3 is 0 Å². The van der Waals surface area contributed by atoms with Crippen LogP contribution in [0, 0.1) is 0 Å². The number of H-pyrrole nitrogens is 1. The summed E-state index contributed by atoms with van der Waals surface area (Å²) in [6.45, 7) is 0.678. The van der Waals surface area contributed by atoms with Gasteiger partial charge < -0.3 is 10.3 Å². The Morgan fingerprint density at radius 1 is 0.833 bits per heavy atom. The molecule has 5 rings (SSSR count). The fourth-order valence-electron chi connectivity index (χ4n) is 3.85. The van der Waals surface area contributed by atoms with E-state index in [0.29, 0.717) is 6.54 Å². The minimum absolute atomic E-state index is 0.00885. The third kappa shape index (κ3) is 3.55. The highest BCUT2D eigenvalue weighted by Gasteiger charge is 2.19. The van der Waals surface area contributed by atoms with E-state index >= 15 is 0 Å². The highest BCUT2D eigenvalue weighted by atomic mass is 16.1. The van der Waals surface area contributed by atoms with Crippen LogP contribution in [-0.4, -0.2) is 22.4 Å². The lowest BCUT2D eigenvalue weighted by atomic mass is 9.99. The minimum Gasteiger partial charge on any atom is -0.358 e. The summed E-state index contributed by atoms with van der Waals surface area (Å²) >= 11 is 0. The first-order valence-corrected chi connectivity index (χ1v) is 10.1. The average Bonchev–Trinajstić information content (AvgIpc) is 3.25. The quantitative estimate of drug-likeness (QED) is 0.502. The zero-order valence-corrected chi connectivity index (χ0v) is 16.4. The van der Waals surface area contributed by atoms with Crippen molar-refractivity contribution >= 4 is 18.1 Å². The fourth-order valence-corrected chi connectivity index (χ4v) is 3.85. The molecular formula is C26H21N3O. The Balaban J connectivity index is 1.45. The van der Waals surface area contributed by atoms with Crippen LogP contribution in [0.15, 0.2) is 79.0 Å². The molecule has 0 aliphatic carbocycles. The maximum absolute atomic E-state index is 12.1. The molecule has 0 saturated carbocycles. The van der Waals surface area contributed by atoms with Crippen LogP contribution in [0.3, 0.4) is 0 Å². The molecule has 0 radical (unpaired) electrons. The number of nitrogens with zero attached hydrogens (tertiary/aromatic N) is 1. The standard InChI is InChI=1S/C26H21N3O/c30-26-23-17-25(29-24(23)13-15-28-26)20-12-14-27-21(16-20)11-10-19-8-4-5-9-22(19)18-6-2-1-3-7-18/h1-12,14,16-17,29H,13,15H2,(H,28,30)/b11-10+. The Hall–Kier alpha value is -3.92. The van der Waals surface area contributed by atoms with Gasteiger partial charge in [-0.1, -0.05) is 60.7 Å². The van der Waals surface area contributed by atoms with Crippen molar-refractivity contribution in [2.75, 3.05) is 6.54 Å². The van der Waals surface area contributed by atoms with Gasteiger partial charge in [0.2, 0.25) is 0 Å². The first-order valence-electron chi connectivity index (χ1n) is 10.1. The summed E-state index contributed by atoms with van der Waals surface area (Å²) in [6.07, 6.45) is 6.76. The summed E-state index contributed by atoms with van der Waals surface area (Å²) in [4.78, 5) is 19.9. The van der Waals surface area contributed by atoms with Crippen molar-refractivity contribution < 1.29 is 4.79 Å². The van der Waals surface area contributed by atoms with Gasteiger partial charge in [-0.25, -0.2) is 0 Å². The largest absolute Gasteiger partial charge is 0.358 e. The molecule has 4 aromatic rings. The lowest BCUT2D eigenvalue weighted by Crippen LogP contribution is -2.31. The number of aromatic nitrogens is 2. The first-order chi connectivity index (χ1) is 14.8. The van der Waals surface area contributed by atoms with E-state index in [9.17, 15) is 4.79 Å². The van der Waals surface area contributed by atoms with Gasteiger partial charge in [-0.3, -0.25) is 9.78 Å². The van der Waals surface area contributed by atoms with E-state index in [2.05, 4.69) is 63.8 Å².